The van der Waals surface area contributed by atoms with Crippen LogP contribution in [0.2, 0.25) is 0 Å². The van der Waals surface area contributed by atoms with Crippen molar-refractivity contribution in [2.24, 2.45) is 5.73 Å². The van der Waals surface area contributed by atoms with Gasteiger partial charge in [0.1, 0.15) is 5.82 Å². The molecule has 1 heterocycles. The highest BCUT2D eigenvalue weighted by atomic mass is 32.2. The van der Waals surface area contributed by atoms with Crippen LogP contribution in [0, 0.1) is 24.4 Å². The summed E-state index contributed by atoms with van der Waals surface area (Å²) < 4.78 is 67.2. The first-order valence-corrected chi connectivity index (χ1v) is 12.5. The quantitative estimate of drug-likeness (QED) is 0.518. The smallest absolute Gasteiger partial charge is 0.241 e. The van der Waals surface area contributed by atoms with Crippen LogP contribution in [0.25, 0.3) is 0 Å². The van der Waals surface area contributed by atoms with Gasteiger partial charge in [0, 0.05) is 44.7 Å². The SMILES string of the molecule is Cc1ccc(S(=O)(=O)NCC(=O)N2CCN(C(=O)C[C@H](N)Cc3cc(F)c(F)cc3F)CC2)cc1. The number of nitrogens with zero attached hydrogens (tertiary/aromatic N) is 2. The van der Waals surface area contributed by atoms with Gasteiger partial charge in [-0.25, -0.2) is 26.3 Å². The third kappa shape index (κ3) is 7.03. The van der Waals surface area contributed by atoms with Crippen molar-refractivity contribution in [3.05, 3.63) is 65.0 Å². The molecular formula is C23H27F3N4O4S. The van der Waals surface area contributed by atoms with Gasteiger partial charge in [-0.15, -0.1) is 0 Å². The minimum absolute atomic E-state index is 0.0610. The van der Waals surface area contributed by atoms with E-state index in [1.54, 1.807) is 12.1 Å². The fourth-order valence-corrected chi connectivity index (χ4v) is 4.68. The van der Waals surface area contributed by atoms with Crippen molar-refractivity contribution in [3.63, 3.8) is 0 Å². The predicted molar refractivity (Wildman–Crippen MR) is 122 cm³/mol. The molecule has 12 heteroatoms. The number of halogens is 3. The van der Waals surface area contributed by atoms with E-state index in [-0.39, 0.29) is 55.4 Å². The summed E-state index contributed by atoms with van der Waals surface area (Å²) in [4.78, 5) is 28.0. The summed E-state index contributed by atoms with van der Waals surface area (Å²) in [5, 5.41) is 0. The number of carbonyl (C=O) groups is 2. The molecule has 0 aliphatic carbocycles. The molecule has 8 nitrogen and oxygen atoms in total. The van der Waals surface area contributed by atoms with E-state index in [0.717, 1.165) is 11.6 Å². The zero-order valence-corrected chi connectivity index (χ0v) is 20.0. The van der Waals surface area contributed by atoms with E-state index in [1.165, 1.54) is 21.9 Å². The van der Waals surface area contributed by atoms with Crippen LogP contribution in [0.1, 0.15) is 17.5 Å². The average molecular weight is 513 g/mol. The lowest BCUT2D eigenvalue weighted by Crippen LogP contribution is -2.53. The molecule has 2 amide bonds. The summed E-state index contributed by atoms with van der Waals surface area (Å²) >= 11 is 0. The molecule has 3 N–H and O–H groups in total. The first-order chi connectivity index (χ1) is 16.5. The predicted octanol–water partition coefficient (Wildman–Crippen LogP) is 1.32. The van der Waals surface area contributed by atoms with Crippen molar-refractivity contribution < 1.29 is 31.2 Å². The highest BCUT2D eigenvalue weighted by Crippen LogP contribution is 2.16. The second-order valence-electron chi connectivity index (χ2n) is 8.43. The topological polar surface area (TPSA) is 113 Å². The number of nitrogens with two attached hydrogens (primary N) is 1. The minimum atomic E-state index is -3.83. The van der Waals surface area contributed by atoms with Crippen LogP contribution in [0.15, 0.2) is 41.3 Å². The zero-order chi connectivity index (χ0) is 25.8. The van der Waals surface area contributed by atoms with Crippen LogP contribution in [-0.4, -0.2) is 68.8 Å². The molecule has 1 aliphatic rings. The molecule has 0 radical (unpaired) electrons. The Balaban J connectivity index is 1.45. The largest absolute Gasteiger partial charge is 0.339 e. The Kier molecular flexibility index (Phi) is 8.51. The Morgan fingerprint density at radius 2 is 1.49 bits per heavy atom. The maximum Gasteiger partial charge on any atom is 0.241 e. The molecule has 1 fully saturated rings. The van der Waals surface area contributed by atoms with Gasteiger partial charge in [0.05, 0.1) is 11.4 Å². The van der Waals surface area contributed by atoms with Crippen LogP contribution >= 0.6 is 0 Å². The molecule has 1 atom stereocenters. The first-order valence-electron chi connectivity index (χ1n) is 11.0. The molecule has 0 spiro atoms. The Hall–Kier alpha value is -2.96. The molecule has 0 unspecified atom stereocenters. The standard InChI is InChI=1S/C23H27F3N4O4S/c1-15-2-4-18(5-3-15)35(33,34)28-14-23(32)30-8-6-29(7-9-30)22(31)12-17(27)10-16-11-20(25)21(26)13-19(16)24/h2-5,11,13,17,28H,6-10,12,14,27H2,1H3/t17-/m1/s1. The first kappa shape index (κ1) is 26.6. The van der Waals surface area contributed by atoms with Crippen LogP contribution < -0.4 is 10.5 Å². The number of rotatable bonds is 8. The summed E-state index contributed by atoms with van der Waals surface area (Å²) in [6.45, 7) is 2.30. The van der Waals surface area contributed by atoms with Gasteiger partial charge in [0.15, 0.2) is 11.6 Å². The van der Waals surface area contributed by atoms with Gasteiger partial charge in [0.2, 0.25) is 21.8 Å². The maximum atomic E-state index is 13.8. The van der Waals surface area contributed by atoms with Crippen LogP contribution in [0.4, 0.5) is 13.2 Å². The Labute approximate surface area is 201 Å². The van der Waals surface area contributed by atoms with E-state index in [0.29, 0.717) is 6.07 Å². The lowest BCUT2D eigenvalue weighted by molar-refractivity contribution is -0.139. The molecule has 0 aromatic heterocycles. The van der Waals surface area contributed by atoms with Crippen molar-refractivity contribution in [1.29, 1.82) is 0 Å². The molecule has 0 bridgehead atoms. The number of piperazine rings is 1. The van der Waals surface area contributed by atoms with Gasteiger partial charge < -0.3 is 15.5 Å². The van der Waals surface area contributed by atoms with E-state index < -0.39 is 46.0 Å². The number of sulfonamides is 1. The summed E-state index contributed by atoms with van der Waals surface area (Å²) in [7, 11) is -3.83. The fraction of sp³-hybridized carbons (Fsp3) is 0.391. The van der Waals surface area contributed by atoms with Gasteiger partial charge in [-0.2, -0.15) is 0 Å². The molecule has 190 valence electrons. The van der Waals surface area contributed by atoms with Crippen molar-refractivity contribution in [2.45, 2.75) is 30.7 Å². The summed E-state index contributed by atoms with van der Waals surface area (Å²) in [5.41, 5.74) is 6.71. The van der Waals surface area contributed by atoms with Gasteiger partial charge in [-0.1, -0.05) is 17.7 Å². The number of hydrogen-bond donors (Lipinski definition) is 2. The fourth-order valence-electron chi connectivity index (χ4n) is 3.70. The number of nitrogens with one attached hydrogen (secondary N) is 1. The van der Waals surface area contributed by atoms with E-state index in [9.17, 15) is 31.2 Å². The van der Waals surface area contributed by atoms with Crippen molar-refractivity contribution in [2.75, 3.05) is 32.7 Å². The van der Waals surface area contributed by atoms with Gasteiger partial charge in [-0.3, -0.25) is 9.59 Å². The normalized spacial score (nSPS) is 15.2. The van der Waals surface area contributed by atoms with Gasteiger partial charge >= 0.3 is 0 Å². The molecule has 3 rings (SSSR count). The lowest BCUT2D eigenvalue weighted by atomic mass is 10.0. The third-order valence-corrected chi connectivity index (χ3v) is 7.16. The number of carbonyl (C=O) groups excluding carboxylic acids is 2. The van der Waals surface area contributed by atoms with Crippen LogP contribution in [-0.2, 0) is 26.0 Å². The second-order valence-corrected chi connectivity index (χ2v) is 10.2. The number of amides is 2. The lowest BCUT2D eigenvalue weighted by Gasteiger charge is -2.35. The molecular weight excluding hydrogens is 485 g/mol. The third-order valence-electron chi connectivity index (χ3n) is 5.74. The summed E-state index contributed by atoms with van der Waals surface area (Å²) in [6.07, 6.45) is -0.281. The Bertz CT molecular complexity index is 1180. The van der Waals surface area contributed by atoms with Gasteiger partial charge in [0.25, 0.3) is 0 Å². The summed E-state index contributed by atoms with van der Waals surface area (Å²) in [6, 6.07) is 6.59. The van der Waals surface area contributed by atoms with E-state index in [4.69, 9.17) is 5.73 Å². The maximum absolute atomic E-state index is 13.8. The molecule has 1 saturated heterocycles. The van der Waals surface area contributed by atoms with E-state index in [2.05, 4.69) is 4.72 Å². The molecule has 2 aromatic carbocycles. The van der Waals surface area contributed by atoms with Crippen molar-refractivity contribution in [1.82, 2.24) is 14.5 Å². The Morgan fingerprint density at radius 1 is 0.943 bits per heavy atom. The number of hydrogen-bond acceptors (Lipinski definition) is 5. The molecule has 0 saturated carbocycles. The highest BCUT2D eigenvalue weighted by Gasteiger charge is 2.26. The summed E-state index contributed by atoms with van der Waals surface area (Å²) in [5.74, 6) is -4.16. The monoisotopic (exact) mass is 512 g/mol. The van der Waals surface area contributed by atoms with Crippen molar-refractivity contribution >= 4 is 21.8 Å². The zero-order valence-electron chi connectivity index (χ0n) is 19.1. The minimum Gasteiger partial charge on any atom is -0.339 e. The number of benzene rings is 2. The van der Waals surface area contributed by atoms with Crippen molar-refractivity contribution in [3.8, 4) is 0 Å². The molecule has 35 heavy (non-hydrogen) atoms. The van der Waals surface area contributed by atoms with Gasteiger partial charge in [-0.05, 0) is 37.1 Å². The average Bonchev–Trinajstić information content (AvgIpc) is 2.81. The second kappa shape index (κ2) is 11.2. The van der Waals surface area contributed by atoms with Crippen LogP contribution in [0.5, 0.6) is 0 Å². The number of aryl methyl sites for hydroxylation is 1. The van der Waals surface area contributed by atoms with E-state index >= 15 is 0 Å². The molecule has 2 aromatic rings. The van der Waals surface area contributed by atoms with Crippen LogP contribution in [0.3, 0.4) is 0 Å². The van der Waals surface area contributed by atoms with E-state index in [1.807, 2.05) is 6.92 Å². The molecule has 1 aliphatic heterocycles. The Morgan fingerprint density at radius 3 is 2.09 bits per heavy atom. The highest BCUT2D eigenvalue weighted by molar-refractivity contribution is 7.89.